The van der Waals surface area contributed by atoms with Crippen LogP contribution in [0.4, 0.5) is 21.0 Å². The molecule has 2 aromatic heterocycles. The van der Waals surface area contributed by atoms with Crippen molar-refractivity contribution in [3.63, 3.8) is 0 Å². The van der Waals surface area contributed by atoms with Crippen LogP contribution in [0, 0.1) is 5.92 Å². The second-order valence-corrected chi connectivity index (χ2v) is 10.4. The van der Waals surface area contributed by atoms with Crippen molar-refractivity contribution in [2.75, 3.05) is 23.3 Å². The number of hydrogen-bond acceptors (Lipinski definition) is 6. The summed E-state index contributed by atoms with van der Waals surface area (Å²) in [6.45, 7) is 6.66. The molecule has 0 radical (unpaired) electrons. The lowest BCUT2D eigenvalue weighted by atomic mass is 10.0. The summed E-state index contributed by atoms with van der Waals surface area (Å²) in [5, 5.41) is 16.1. The number of carboxylic acid groups (broad SMARTS) is 1. The number of carbonyl (C=O) groups is 3. The average molecular weight is 522 g/mol. The van der Waals surface area contributed by atoms with Crippen molar-refractivity contribution in [2.24, 2.45) is 5.92 Å². The molecule has 2 amide bonds. The molecule has 0 spiro atoms. The summed E-state index contributed by atoms with van der Waals surface area (Å²) in [7, 11) is 0. The number of amides is 2. The second-order valence-electron chi connectivity index (χ2n) is 9.54. The number of halogens is 1. The summed E-state index contributed by atoms with van der Waals surface area (Å²) in [5.74, 6) is -0.150. The molecule has 3 heterocycles. The number of ether oxygens (including phenoxy) is 1. The molecule has 33 heavy (non-hydrogen) atoms. The minimum atomic E-state index is -1.18. The van der Waals surface area contributed by atoms with Crippen LogP contribution in [0.2, 0.25) is 0 Å². The number of aromatic nitrogens is 2. The van der Waals surface area contributed by atoms with E-state index in [4.69, 9.17) is 4.74 Å². The van der Waals surface area contributed by atoms with Crippen LogP contribution in [0.1, 0.15) is 46.5 Å². The minimum Gasteiger partial charge on any atom is -0.464 e. The molecule has 1 aliphatic heterocycles. The van der Waals surface area contributed by atoms with Gasteiger partial charge in [0.1, 0.15) is 5.60 Å². The molecule has 178 valence electrons. The number of nitrogens with one attached hydrogen (secondary N) is 2. The maximum atomic E-state index is 12.5. The highest BCUT2D eigenvalue weighted by Crippen LogP contribution is 2.41. The highest BCUT2D eigenvalue weighted by molar-refractivity contribution is 9.10. The molecule has 3 N–H and O–H groups in total. The molecule has 4 rings (SSSR count). The number of alkyl carbamates (subject to hydrolysis) is 1. The molecule has 2 fully saturated rings. The van der Waals surface area contributed by atoms with Crippen molar-refractivity contribution in [1.29, 1.82) is 0 Å². The van der Waals surface area contributed by atoms with Crippen LogP contribution in [-0.4, -0.2) is 57.5 Å². The molecular weight excluding hydrogens is 494 g/mol. The average Bonchev–Trinajstić information content (AvgIpc) is 3.49. The lowest BCUT2D eigenvalue weighted by molar-refractivity contribution is -0.117. The molecule has 0 bridgehead atoms. The van der Waals surface area contributed by atoms with E-state index in [1.807, 2.05) is 20.8 Å². The third kappa shape index (κ3) is 5.23. The van der Waals surface area contributed by atoms with Gasteiger partial charge in [0.15, 0.2) is 5.65 Å². The number of piperidine rings is 1. The summed E-state index contributed by atoms with van der Waals surface area (Å²) in [6.07, 6.45) is 4.59. The Hall–Kier alpha value is -2.82. The van der Waals surface area contributed by atoms with Gasteiger partial charge in [0.2, 0.25) is 5.91 Å². The summed E-state index contributed by atoms with van der Waals surface area (Å²) in [4.78, 5) is 43.0. The van der Waals surface area contributed by atoms with Gasteiger partial charge in [-0.1, -0.05) is 0 Å². The SMILES string of the molecule is CC(C)(C)OC(=O)NC1CCCN(c2c(Br)cnc3c2c(NC(=O)C2CC2)cn3C(=O)O)C1. The number of rotatable bonds is 4. The Labute approximate surface area is 199 Å². The maximum Gasteiger partial charge on any atom is 0.417 e. The first-order chi connectivity index (χ1) is 15.5. The van der Waals surface area contributed by atoms with Gasteiger partial charge in [-0.15, -0.1) is 0 Å². The second kappa shape index (κ2) is 8.85. The van der Waals surface area contributed by atoms with Crippen molar-refractivity contribution in [1.82, 2.24) is 14.9 Å². The Bertz CT molecular complexity index is 1100. The third-order valence-corrected chi connectivity index (χ3v) is 6.19. The predicted octanol–water partition coefficient (Wildman–Crippen LogP) is 4.17. The van der Waals surface area contributed by atoms with Crippen molar-refractivity contribution in [3.8, 4) is 0 Å². The lowest BCUT2D eigenvalue weighted by Crippen LogP contribution is -2.49. The van der Waals surface area contributed by atoms with Crippen LogP contribution in [0.3, 0.4) is 0 Å². The number of fused-ring (bicyclic) bond motifs is 1. The van der Waals surface area contributed by atoms with Gasteiger partial charge >= 0.3 is 12.2 Å². The van der Waals surface area contributed by atoms with Gasteiger partial charge < -0.3 is 25.4 Å². The van der Waals surface area contributed by atoms with Crippen LogP contribution in [0.15, 0.2) is 16.9 Å². The lowest BCUT2D eigenvalue weighted by Gasteiger charge is -2.36. The Kier molecular flexibility index (Phi) is 6.26. The maximum absolute atomic E-state index is 12.5. The zero-order chi connectivity index (χ0) is 23.9. The van der Waals surface area contributed by atoms with E-state index >= 15 is 0 Å². The summed E-state index contributed by atoms with van der Waals surface area (Å²) < 4.78 is 7.09. The smallest absolute Gasteiger partial charge is 0.417 e. The molecule has 0 aromatic carbocycles. The van der Waals surface area contributed by atoms with E-state index in [-0.39, 0.29) is 23.5 Å². The standard InChI is InChI=1S/C22H28BrN5O5/c1-22(2,3)33-20(30)25-13-5-4-8-27(10-13)17-14(23)9-24-18-16(17)15(11-28(18)21(31)32)26-19(29)12-6-7-12/h9,11-13H,4-8,10H2,1-3H3,(H,25,30)(H,26,29)(H,31,32). The molecule has 1 atom stereocenters. The van der Waals surface area contributed by atoms with E-state index in [9.17, 15) is 19.5 Å². The molecule has 1 saturated heterocycles. The Morgan fingerprint density at radius 2 is 1.97 bits per heavy atom. The number of pyridine rings is 1. The fourth-order valence-electron chi connectivity index (χ4n) is 4.06. The van der Waals surface area contributed by atoms with Gasteiger partial charge in [0.25, 0.3) is 0 Å². The number of nitrogens with zero attached hydrogens (tertiary/aromatic N) is 3. The monoisotopic (exact) mass is 521 g/mol. The van der Waals surface area contributed by atoms with Crippen LogP contribution in [0.25, 0.3) is 11.0 Å². The Morgan fingerprint density at radius 3 is 2.61 bits per heavy atom. The highest BCUT2D eigenvalue weighted by Gasteiger charge is 2.32. The fourth-order valence-corrected chi connectivity index (χ4v) is 4.61. The summed E-state index contributed by atoms with van der Waals surface area (Å²) in [6, 6.07) is -0.144. The van der Waals surface area contributed by atoms with Crippen LogP contribution in [-0.2, 0) is 9.53 Å². The first kappa shape index (κ1) is 23.3. The van der Waals surface area contributed by atoms with Gasteiger partial charge in [0, 0.05) is 37.4 Å². The van der Waals surface area contributed by atoms with E-state index in [1.165, 1.54) is 6.20 Å². The molecule has 2 aliphatic rings. The predicted molar refractivity (Wildman–Crippen MR) is 127 cm³/mol. The molecular formula is C22H28BrN5O5. The molecule has 11 heteroatoms. The Morgan fingerprint density at radius 1 is 1.24 bits per heavy atom. The summed E-state index contributed by atoms with van der Waals surface area (Å²) >= 11 is 3.57. The van der Waals surface area contributed by atoms with E-state index in [0.717, 1.165) is 35.9 Å². The van der Waals surface area contributed by atoms with Crippen molar-refractivity contribution in [3.05, 3.63) is 16.9 Å². The zero-order valence-corrected chi connectivity index (χ0v) is 20.4. The van der Waals surface area contributed by atoms with Crippen molar-refractivity contribution < 1.29 is 24.2 Å². The first-order valence-electron chi connectivity index (χ1n) is 11.0. The quantitative estimate of drug-likeness (QED) is 0.551. The van der Waals surface area contributed by atoms with E-state index in [0.29, 0.717) is 28.6 Å². The van der Waals surface area contributed by atoms with Crippen LogP contribution >= 0.6 is 15.9 Å². The van der Waals surface area contributed by atoms with Gasteiger partial charge in [-0.2, -0.15) is 0 Å². The van der Waals surface area contributed by atoms with E-state index in [1.54, 1.807) is 6.20 Å². The third-order valence-electron chi connectivity index (χ3n) is 5.61. The van der Waals surface area contributed by atoms with Crippen molar-refractivity contribution >= 4 is 56.4 Å². The topological polar surface area (TPSA) is 126 Å². The first-order valence-corrected chi connectivity index (χ1v) is 11.8. The summed E-state index contributed by atoms with van der Waals surface area (Å²) in [5.41, 5.74) is 0.804. The molecule has 10 nitrogen and oxygen atoms in total. The van der Waals surface area contributed by atoms with Gasteiger partial charge in [-0.3, -0.25) is 4.79 Å². The minimum absolute atomic E-state index is 0.0332. The number of anilines is 2. The van der Waals surface area contributed by atoms with Crippen LogP contribution in [0.5, 0.6) is 0 Å². The normalized spacial score (nSPS) is 18.8. The molecule has 1 aliphatic carbocycles. The van der Waals surface area contributed by atoms with E-state index < -0.39 is 17.8 Å². The molecule has 1 saturated carbocycles. The van der Waals surface area contributed by atoms with Gasteiger partial charge in [-0.25, -0.2) is 19.1 Å². The fraction of sp³-hybridized carbons (Fsp3) is 0.545. The highest BCUT2D eigenvalue weighted by atomic mass is 79.9. The number of hydrogen-bond donors (Lipinski definition) is 3. The van der Waals surface area contributed by atoms with Gasteiger partial charge in [-0.05, 0) is 62.4 Å². The van der Waals surface area contributed by atoms with Gasteiger partial charge in [0.05, 0.1) is 21.2 Å². The largest absolute Gasteiger partial charge is 0.464 e. The molecule has 2 aromatic rings. The molecule has 1 unspecified atom stereocenters. The van der Waals surface area contributed by atoms with E-state index in [2.05, 4.69) is 36.4 Å². The Balaban J connectivity index is 1.67. The zero-order valence-electron chi connectivity index (χ0n) is 18.9. The van der Waals surface area contributed by atoms with Crippen molar-refractivity contribution in [2.45, 2.75) is 58.1 Å². The van der Waals surface area contributed by atoms with Crippen LogP contribution < -0.4 is 15.5 Å². The number of carbonyl (C=O) groups excluding carboxylic acids is 2.